The Kier molecular flexibility index (Phi) is 4.59. The summed E-state index contributed by atoms with van der Waals surface area (Å²) >= 11 is 7.15. The topological polar surface area (TPSA) is 53.4 Å². The minimum atomic E-state index is -0.0371. The van der Waals surface area contributed by atoms with Crippen molar-refractivity contribution < 1.29 is 9.90 Å². The summed E-state index contributed by atoms with van der Waals surface area (Å²) in [6.45, 7) is 2.85. The SMILES string of the molecule is CC1CCN(C(=O)Cc2nc(CCl)cs2)C1CO. The Labute approximate surface area is 116 Å². The molecule has 1 saturated heterocycles. The van der Waals surface area contributed by atoms with Gasteiger partial charge < -0.3 is 10.0 Å². The number of thiazole rings is 1. The lowest BCUT2D eigenvalue weighted by Crippen LogP contribution is -2.40. The maximum absolute atomic E-state index is 12.2. The van der Waals surface area contributed by atoms with Gasteiger partial charge >= 0.3 is 0 Å². The number of rotatable bonds is 4. The summed E-state index contributed by atoms with van der Waals surface area (Å²) in [4.78, 5) is 18.2. The summed E-state index contributed by atoms with van der Waals surface area (Å²) in [5.41, 5.74) is 0.818. The maximum atomic E-state index is 12.2. The van der Waals surface area contributed by atoms with E-state index in [1.165, 1.54) is 11.3 Å². The lowest BCUT2D eigenvalue weighted by Gasteiger charge is -2.24. The second-order valence-electron chi connectivity index (χ2n) is 4.65. The molecule has 4 nitrogen and oxygen atoms in total. The molecule has 2 rings (SSSR count). The fraction of sp³-hybridized carbons (Fsp3) is 0.667. The molecule has 1 aliphatic rings. The number of nitrogens with zero attached hydrogens (tertiary/aromatic N) is 2. The number of aliphatic hydroxyl groups excluding tert-OH is 1. The van der Waals surface area contributed by atoms with Crippen molar-refractivity contribution in [3.05, 3.63) is 16.1 Å². The quantitative estimate of drug-likeness (QED) is 0.857. The number of carbonyl (C=O) groups is 1. The van der Waals surface area contributed by atoms with Crippen molar-refractivity contribution in [3.8, 4) is 0 Å². The van der Waals surface area contributed by atoms with Gasteiger partial charge in [0.2, 0.25) is 5.91 Å². The monoisotopic (exact) mass is 288 g/mol. The number of likely N-dealkylation sites (tertiary alicyclic amines) is 1. The predicted molar refractivity (Wildman–Crippen MR) is 71.7 cm³/mol. The van der Waals surface area contributed by atoms with E-state index in [1.54, 1.807) is 4.90 Å². The van der Waals surface area contributed by atoms with Gasteiger partial charge in [0.1, 0.15) is 5.01 Å². The first kappa shape index (κ1) is 13.8. The smallest absolute Gasteiger partial charge is 0.229 e. The highest BCUT2D eigenvalue weighted by molar-refractivity contribution is 7.09. The molecule has 2 atom stereocenters. The first-order chi connectivity index (χ1) is 8.65. The summed E-state index contributed by atoms with van der Waals surface area (Å²) in [5.74, 6) is 0.799. The summed E-state index contributed by atoms with van der Waals surface area (Å²) in [7, 11) is 0. The van der Waals surface area contributed by atoms with Crippen LogP contribution in [0, 0.1) is 5.92 Å². The third-order valence-corrected chi connectivity index (χ3v) is 4.60. The molecule has 1 aliphatic heterocycles. The van der Waals surface area contributed by atoms with Gasteiger partial charge in [-0.2, -0.15) is 0 Å². The van der Waals surface area contributed by atoms with Crippen molar-refractivity contribution in [2.24, 2.45) is 5.92 Å². The molecule has 100 valence electrons. The van der Waals surface area contributed by atoms with Gasteiger partial charge in [0.15, 0.2) is 0 Å². The molecule has 1 amide bonds. The molecular weight excluding hydrogens is 272 g/mol. The maximum Gasteiger partial charge on any atom is 0.229 e. The summed E-state index contributed by atoms with van der Waals surface area (Å²) in [5, 5.41) is 12.0. The zero-order valence-corrected chi connectivity index (χ0v) is 11.9. The Morgan fingerprint density at radius 3 is 3.11 bits per heavy atom. The number of hydrogen-bond donors (Lipinski definition) is 1. The van der Waals surface area contributed by atoms with Crippen molar-refractivity contribution in [2.75, 3.05) is 13.2 Å². The van der Waals surface area contributed by atoms with Gasteiger partial charge in [0.25, 0.3) is 0 Å². The third kappa shape index (κ3) is 2.84. The van der Waals surface area contributed by atoms with Gasteiger partial charge in [-0.1, -0.05) is 6.92 Å². The average molecular weight is 289 g/mol. The average Bonchev–Trinajstić information content (AvgIpc) is 2.95. The Hall–Kier alpha value is -0.650. The molecule has 18 heavy (non-hydrogen) atoms. The Morgan fingerprint density at radius 2 is 2.50 bits per heavy atom. The molecule has 0 aromatic carbocycles. The van der Waals surface area contributed by atoms with Crippen LogP contribution in [-0.2, 0) is 17.1 Å². The van der Waals surface area contributed by atoms with E-state index in [9.17, 15) is 9.90 Å². The molecule has 1 aromatic rings. The van der Waals surface area contributed by atoms with E-state index in [0.29, 0.717) is 18.2 Å². The molecule has 6 heteroatoms. The molecule has 0 bridgehead atoms. The predicted octanol–water partition coefficient (Wildman–Crippen LogP) is 1.65. The van der Waals surface area contributed by atoms with E-state index in [0.717, 1.165) is 23.7 Å². The van der Waals surface area contributed by atoms with Gasteiger partial charge in [-0.25, -0.2) is 4.98 Å². The van der Waals surface area contributed by atoms with Crippen LogP contribution in [0.15, 0.2) is 5.38 Å². The first-order valence-electron chi connectivity index (χ1n) is 6.05. The van der Waals surface area contributed by atoms with Crippen LogP contribution in [0.5, 0.6) is 0 Å². The van der Waals surface area contributed by atoms with Gasteiger partial charge in [-0.05, 0) is 12.3 Å². The summed E-state index contributed by atoms with van der Waals surface area (Å²) in [6, 6.07) is -0.0371. The zero-order valence-electron chi connectivity index (χ0n) is 10.3. The van der Waals surface area contributed by atoms with E-state index in [1.807, 2.05) is 5.38 Å². The standard InChI is InChI=1S/C12H17ClN2O2S/c1-8-2-3-15(10(8)6-16)12(17)4-11-14-9(5-13)7-18-11/h7-8,10,16H,2-6H2,1H3. The molecular formula is C12H17ClN2O2S. The van der Waals surface area contributed by atoms with Crippen LogP contribution in [-0.4, -0.2) is 40.1 Å². The Balaban J connectivity index is 1.99. The van der Waals surface area contributed by atoms with Crippen LogP contribution < -0.4 is 0 Å². The fourth-order valence-electron chi connectivity index (χ4n) is 2.32. The third-order valence-electron chi connectivity index (χ3n) is 3.43. The van der Waals surface area contributed by atoms with Gasteiger partial charge in [-0.3, -0.25) is 4.79 Å². The van der Waals surface area contributed by atoms with Crippen LogP contribution in [0.25, 0.3) is 0 Å². The fourth-order valence-corrected chi connectivity index (χ4v) is 3.33. The molecule has 2 heterocycles. The van der Waals surface area contributed by atoms with Crippen LogP contribution >= 0.6 is 22.9 Å². The highest BCUT2D eigenvalue weighted by Gasteiger charge is 2.33. The molecule has 2 unspecified atom stereocenters. The molecule has 0 radical (unpaired) electrons. The van der Waals surface area contributed by atoms with Crippen molar-refractivity contribution in [1.29, 1.82) is 0 Å². The van der Waals surface area contributed by atoms with Crippen LogP contribution in [0.1, 0.15) is 24.0 Å². The molecule has 0 aliphatic carbocycles. The number of aromatic nitrogens is 1. The summed E-state index contributed by atoms with van der Waals surface area (Å²) in [6.07, 6.45) is 1.27. The highest BCUT2D eigenvalue weighted by Crippen LogP contribution is 2.24. The van der Waals surface area contributed by atoms with Crippen LogP contribution in [0.4, 0.5) is 0 Å². The normalized spacial score (nSPS) is 23.6. The highest BCUT2D eigenvalue weighted by atomic mass is 35.5. The second-order valence-corrected chi connectivity index (χ2v) is 5.86. The lowest BCUT2D eigenvalue weighted by molar-refractivity contribution is -0.132. The molecule has 1 fully saturated rings. The molecule has 0 saturated carbocycles. The molecule has 1 aromatic heterocycles. The number of hydrogen-bond acceptors (Lipinski definition) is 4. The number of alkyl halides is 1. The Morgan fingerprint density at radius 1 is 1.72 bits per heavy atom. The largest absolute Gasteiger partial charge is 0.394 e. The lowest BCUT2D eigenvalue weighted by atomic mass is 10.0. The Bertz CT molecular complexity index is 424. The number of carbonyl (C=O) groups excluding carboxylic acids is 1. The second kappa shape index (κ2) is 5.99. The minimum absolute atomic E-state index is 0.0371. The minimum Gasteiger partial charge on any atom is -0.394 e. The summed E-state index contributed by atoms with van der Waals surface area (Å²) < 4.78 is 0. The first-order valence-corrected chi connectivity index (χ1v) is 7.46. The van der Waals surface area contributed by atoms with Gasteiger partial charge in [-0.15, -0.1) is 22.9 Å². The van der Waals surface area contributed by atoms with Crippen LogP contribution in [0.3, 0.4) is 0 Å². The van der Waals surface area contributed by atoms with Crippen molar-refractivity contribution >= 4 is 28.8 Å². The zero-order chi connectivity index (χ0) is 13.1. The number of amides is 1. The van der Waals surface area contributed by atoms with E-state index < -0.39 is 0 Å². The number of halogens is 1. The van der Waals surface area contributed by atoms with Crippen molar-refractivity contribution in [3.63, 3.8) is 0 Å². The van der Waals surface area contributed by atoms with Crippen molar-refractivity contribution in [2.45, 2.75) is 31.7 Å². The van der Waals surface area contributed by atoms with E-state index in [2.05, 4.69) is 11.9 Å². The molecule has 1 N–H and O–H groups in total. The number of aliphatic hydroxyl groups is 1. The van der Waals surface area contributed by atoms with E-state index >= 15 is 0 Å². The van der Waals surface area contributed by atoms with E-state index in [4.69, 9.17) is 11.6 Å². The van der Waals surface area contributed by atoms with Crippen LogP contribution in [0.2, 0.25) is 0 Å². The van der Waals surface area contributed by atoms with Crippen molar-refractivity contribution in [1.82, 2.24) is 9.88 Å². The van der Waals surface area contributed by atoms with E-state index in [-0.39, 0.29) is 18.6 Å². The van der Waals surface area contributed by atoms with Gasteiger partial charge in [0, 0.05) is 11.9 Å². The van der Waals surface area contributed by atoms with Gasteiger partial charge in [0.05, 0.1) is 30.6 Å². The molecule has 0 spiro atoms.